The van der Waals surface area contributed by atoms with Gasteiger partial charge in [-0.1, -0.05) is 13.0 Å². The van der Waals surface area contributed by atoms with Gasteiger partial charge in [0.2, 0.25) is 5.91 Å². The van der Waals surface area contributed by atoms with Crippen LogP contribution in [0.2, 0.25) is 0 Å². The van der Waals surface area contributed by atoms with E-state index in [-0.39, 0.29) is 23.9 Å². The molecule has 0 bridgehead atoms. The highest BCUT2D eigenvalue weighted by Crippen LogP contribution is 2.35. The second-order valence-electron chi connectivity index (χ2n) is 8.83. The maximum absolute atomic E-state index is 12.9. The number of carbonyl (C=O) groups is 2. The number of benzene rings is 1. The van der Waals surface area contributed by atoms with Crippen molar-refractivity contribution in [2.75, 3.05) is 17.7 Å². The van der Waals surface area contributed by atoms with E-state index < -0.39 is 0 Å². The number of carbonyl (C=O) groups excluding carboxylic acids is 2. The molecule has 1 aromatic heterocycles. The highest BCUT2D eigenvalue weighted by molar-refractivity contribution is 5.94. The van der Waals surface area contributed by atoms with Crippen LogP contribution in [0.1, 0.15) is 55.0 Å². The van der Waals surface area contributed by atoms with Gasteiger partial charge in [0.1, 0.15) is 5.75 Å². The van der Waals surface area contributed by atoms with Gasteiger partial charge < -0.3 is 20.3 Å². The van der Waals surface area contributed by atoms with Crippen LogP contribution in [0.4, 0.5) is 16.2 Å². The summed E-state index contributed by atoms with van der Waals surface area (Å²) in [7, 11) is 1.63. The first-order valence-corrected chi connectivity index (χ1v) is 11.4. The van der Waals surface area contributed by atoms with Crippen molar-refractivity contribution in [3.63, 3.8) is 0 Å². The molecule has 0 spiro atoms. The van der Waals surface area contributed by atoms with Crippen LogP contribution in [0.3, 0.4) is 0 Å². The Labute approximate surface area is 189 Å². The predicted molar refractivity (Wildman–Crippen MR) is 125 cm³/mol. The molecule has 170 valence electrons. The monoisotopic (exact) mass is 436 g/mol. The van der Waals surface area contributed by atoms with E-state index in [1.807, 2.05) is 43.1 Å². The SMILES string of the molecule is CCc1ncc(C)c2c1NC(=O)N(C1CCC(C(=O)Nc3ccc(C)c(OC)c3)CC1)C2. The summed E-state index contributed by atoms with van der Waals surface area (Å²) in [5.41, 5.74) is 5.86. The summed E-state index contributed by atoms with van der Waals surface area (Å²) in [6, 6.07) is 5.79. The number of ether oxygens (including phenoxy) is 1. The number of nitrogens with zero attached hydrogens (tertiary/aromatic N) is 2. The molecule has 1 saturated carbocycles. The minimum atomic E-state index is -0.0562. The second kappa shape index (κ2) is 9.18. The molecule has 4 rings (SSSR count). The van der Waals surface area contributed by atoms with Gasteiger partial charge in [0, 0.05) is 35.5 Å². The maximum Gasteiger partial charge on any atom is 0.322 e. The van der Waals surface area contributed by atoms with Crippen LogP contribution < -0.4 is 15.4 Å². The van der Waals surface area contributed by atoms with E-state index in [1.54, 1.807) is 7.11 Å². The zero-order valence-corrected chi connectivity index (χ0v) is 19.3. The molecular formula is C25H32N4O3. The molecule has 32 heavy (non-hydrogen) atoms. The standard InChI is InChI=1S/C25H32N4O3/c1-5-21-23-20(16(3)13-26-21)14-29(25(31)28-23)19-10-7-17(8-11-19)24(30)27-18-9-6-15(2)22(12-18)32-4/h6,9,12-13,17,19H,5,7-8,10-11,14H2,1-4H3,(H,27,30)(H,28,31). The Morgan fingerprint density at radius 2 is 1.97 bits per heavy atom. The fourth-order valence-corrected chi connectivity index (χ4v) is 4.82. The molecule has 1 aliphatic carbocycles. The Morgan fingerprint density at radius 3 is 2.66 bits per heavy atom. The van der Waals surface area contributed by atoms with Crippen LogP contribution in [0.5, 0.6) is 5.75 Å². The lowest BCUT2D eigenvalue weighted by Gasteiger charge is -2.40. The summed E-state index contributed by atoms with van der Waals surface area (Å²) in [5, 5.41) is 6.11. The Hall–Kier alpha value is -3.09. The summed E-state index contributed by atoms with van der Waals surface area (Å²) in [4.78, 5) is 32.1. The summed E-state index contributed by atoms with van der Waals surface area (Å²) < 4.78 is 5.35. The molecule has 2 N–H and O–H groups in total. The minimum absolute atomic E-state index is 0.0392. The lowest BCUT2D eigenvalue weighted by Crippen LogP contribution is -2.47. The summed E-state index contributed by atoms with van der Waals surface area (Å²) in [6.45, 7) is 6.67. The number of hydrogen-bond acceptors (Lipinski definition) is 4. The molecule has 0 unspecified atom stereocenters. The number of aromatic nitrogens is 1. The maximum atomic E-state index is 12.9. The number of hydrogen-bond donors (Lipinski definition) is 2. The molecule has 3 amide bonds. The van der Waals surface area contributed by atoms with Gasteiger partial charge in [-0.2, -0.15) is 0 Å². The summed E-state index contributed by atoms with van der Waals surface area (Å²) in [5.74, 6) is 0.758. The van der Waals surface area contributed by atoms with Gasteiger partial charge >= 0.3 is 6.03 Å². The smallest absolute Gasteiger partial charge is 0.322 e. The molecule has 0 saturated heterocycles. The Kier molecular flexibility index (Phi) is 6.35. The van der Waals surface area contributed by atoms with Crippen LogP contribution in [-0.4, -0.2) is 35.0 Å². The van der Waals surface area contributed by atoms with E-state index in [0.29, 0.717) is 6.54 Å². The van der Waals surface area contributed by atoms with Gasteiger partial charge in [-0.05, 0) is 63.1 Å². The first kappa shape index (κ1) is 22.1. The zero-order valence-electron chi connectivity index (χ0n) is 19.3. The van der Waals surface area contributed by atoms with Crippen molar-refractivity contribution >= 4 is 23.3 Å². The van der Waals surface area contributed by atoms with Crippen LogP contribution in [0.25, 0.3) is 0 Å². The Balaban J connectivity index is 1.38. The highest BCUT2D eigenvalue weighted by atomic mass is 16.5. The molecular weight excluding hydrogens is 404 g/mol. The van der Waals surface area contributed by atoms with E-state index in [9.17, 15) is 9.59 Å². The molecule has 0 radical (unpaired) electrons. The van der Waals surface area contributed by atoms with Crippen LogP contribution in [-0.2, 0) is 17.8 Å². The molecule has 0 atom stereocenters. The molecule has 7 nitrogen and oxygen atoms in total. The molecule has 2 aromatic rings. The third-order valence-electron chi connectivity index (χ3n) is 6.82. The van der Waals surface area contributed by atoms with Crippen molar-refractivity contribution < 1.29 is 14.3 Å². The van der Waals surface area contributed by atoms with Crippen LogP contribution in [0.15, 0.2) is 24.4 Å². The lowest BCUT2D eigenvalue weighted by molar-refractivity contribution is -0.121. The minimum Gasteiger partial charge on any atom is -0.496 e. The summed E-state index contributed by atoms with van der Waals surface area (Å²) >= 11 is 0. The van der Waals surface area contributed by atoms with Gasteiger partial charge in [-0.15, -0.1) is 0 Å². The van der Waals surface area contributed by atoms with Crippen LogP contribution in [0, 0.1) is 19.8 Å². The highest BCUT2D eigenvalue weighted by Gasteiger charge is 2.35. The van der Waals surface area contributed by atoms with E-state index in [2.05, 4.69) is 22.5 Å². The van der Waals surface area contributed by atoms with Gasteiger partial charge in [0.05, 0.1) is 25.0 Å². The van der Waals surface area contributed by atoms with Crippen molar-refractivity contribution in [2.24, 2.45) is 5.92 Å². The molecule has 1 aromatic carbocycles. The van der Waals surface area contributed by atoms with Crippen molar-refractivity contribution in [1.29, 1.82) is 0 Å². The number of fused-ring (bicyclic) bond motifs is 1. The predicted octanol–water partition coefficient (Wildman–Crippen LogP) is 4.81. The molecule has 2 heterocycles. The number of rotatable bonds is 5. The average molecular weight is 437 g/mol. The number of aryl methyl sites for hydroxylation is 3. The number of urea groups is 1. The van der Waals surface area contributed by atoms with Crippen molar-refractivity contribution in [3.8, 4) is 5.75 Å². The first-order valence-electron chi connectivity index (χ1n) is 11.4. The fraction of sp³-hybridized carbons (Fsp3) is 0.480. The van der Waals surface area contributed by atoms with E-state index in [4.69, 9.17) is 4.74 Å². The molecule has 1 fully saturated rings. The van der Waals surface area contributed by atoms with Gasteiger partial charge in [0.25, 0.3) is 0 Å². The average Bonchev–Trinajstić information content (AvgIpc) is 2.80. The Bertz CT molecular complexity index is 1030. The first-order chi connectivity index (χ1) is 15.4. The topological polar surface area (TPSA) is 83.6 Å². The fourth-order valence-electron chi connectivity index (χ4n) is 4.82. The zero-order chi connectivity index (χ0) is 22.8. The quantitative estimate of drug-likeness (QED) is 0.704. The van der Waals surface area contributed by atoms with E-state index >= 15 is 0 Å². The molecule has 2 aliphatic rings. The normalized spacial score (nSPS) is 20.4. The molecule has 7 heteroatoms. The number of pyridine rings is 1. The number of anilines is 2. The lowest BCUT2D eigenvalue weighted by atomic mass is 9.84. The number of amides is 3. The van der Waals surface area contributed by atoms with Crippen molar-refractivity contribution in [2.45, 2.75) is 65.5 Å². The van der Waals surface area contributed by atoms with Crippen molar-refractivity contribution in [1.82, 2.24) is 9.88 Å². The molecule has 1 aliphatic heterocycles. The van der Waals surface area contributed by atoms with Crippen LogP contribution >= 0.6 is 0 Å². The summed E-state index contributed by atoms with van der Waals surface area (Å²) in [6.07, 6.45) is 5.87. The number of methoxy groups -OCH3 is 1. The van der Waals surface area contributed by atoms with E-state index in [1.165, 1.54) is 0 Å². The van der Waals surface area contributed by atoms with Gasteiger partial charge in [0.15, 0.2) is 0 Å². The van der Waals surface area contributed by atoms with E-state index in [0.717, 1.165) is 71.6 Å². The largest absolute Gasteiger partial charge is 0.496 e. The second-order valence-corrected chi connectivity index (χ2v) is 8.83. The van der Waals surface area contributed by atoms with Gasteiger partial charge in [-0.3, -0.25) is 9.78 Å². The van der Waals surface area contributed by atoms with Gasteiger partial charge in [-0.25, -0.2) is 4.79 Å². The third-order valence-corrected chi connectivity index (χ3v) is 6.82. The Morgan fingerprint density at radius 1 is 1.22 bits per heavy atom. The third kappa shape index (κ3) is 4.29. The van der Waals surface area contributed by atoms with Crippen molar-refractivity contribution in [3.05, 3.63) is 46.8 Å². The number of nitrogens with one attached hydrogen (secondary N) is 2.